The number of benzene rings is 1. The van der Waals surface area contributed by atoms with E-state index < -0.39 is 0 Å². The van der Waals surface area contributed by atoms with Crippen molar-refractivity contribution in [2.24, 2.45) is 7.05 Å². The van der Waals surface area contributed by atoms with Crippen molar-refractivity contribution in [3.8, 4) is 5.75 Å². The van der Waals surface area contributed by atoms with Gasteiger partial charge in [0.2, 0.25) is 0 Å². The molecule has 102 valence electrons. The highest BCUT2D eigenvalue weighted by atomic mass is 16.5. The second-order valence-electron chi connectivity index (χ2n) is 4.89. The fourth-order valence-corrected chi connectivity index (χ4v) is 1.88. The van der Waals surface area contributed by atoms with Crippen LogP contribution in [0, 0.1) is 0 Å². The second-order valence-corrected chi connectivity index (χ2v) is 4.89. The summed E-state index contributed by atoms with van der Waals surface area (Å²) in [4.78, 5) is 0. The van der Waals surface area contributed by atoms with Gasteiger partial charge in [0, 0.05) is 25.5 Å². The van der Waals surface area contributed by atoms with E-state index in [4.69, 9.17) is 4.74 Å². The van der Waals surface area contributed by atoms with Crippen LogP contribution >= 0.6 is 0 Å². The third kappa shape index (κ3) is 4.32. The highest BCUT2D eigenvalue weighted by Gasteiger charge is 1.99. The fourth-order valence-electron chi connectivity index (χ4n) is 1.88. The standard InChI is InChI=1S/C15H21N3O/c1-12(2)19-15-6-4-14(5-7-15)16-9-8-13-10-17-18(3)11-13/h4-7,10-12,16H,8-9H2,1-3H3. The van der Waals surface area contributed by atoms with Crippen LogP contribution in [0.4, 0.5) is 5.69 Å². The molecule has 2 rings (SSSR count). The molecule has 0 spiro atoms. The Morgan fingerprint density at radius 2 is 2.00 bits per heavy atom. The summed E-state index contributed by atoms with van der Waals surface area (Å²) in [5, 5.41) is 7.54. The largest absolute Gasteiger partial charge is 0.491 e. The average Bonchev–Trinajstić information content (AvgIpc) is 2.77. The van der Waals surface area contributed by atoms with E-state index >= 15 is 0 Å². The van der Waals surface area contributed by atoms with Gasteiger partial charge < -0.3 is 10.1 Å². The molecular weight excluding hydrogens is 238 g/mol. The van der Waals surface area contributed by atoms with E-state index in [2.05, 4.69) is 10.4 Å². The quantitative estimate of drug-likeness (QED) is 0.867. The molecular formula is C15H21N3O. The Morgan fingerprint density at radius 3 is 2.58 bits per heavy atom. The predicted octanol–water partition coefficient (Wildman–Crippen LogP) is 2.86. The first-order chi connectivity index (χ1) is 9.13. The number of hydrogen-bond donors (Lipinski definition) is 1. The zero-order valence-electron chi connectivity index (χ0n) is 11.8. The highest BCUT2D eigenvalue weighted by molar-refractivity contribution is 5.46. The summed E-state index contributed by atoms with van der Waals surface area (Å²) in [6.07, 6.45) is 5.13. The van der Waals surface area contributed by atoms with Gasteiger partial charge in [0.15, 0.2) is 0 Å². The normalized spacial score (nSPS) is 10.7. The van der Waals surface area contributed by atoms with Crippen LogP contribution in [0.25, 0.3) is 0 Å². The van der Waals surface area contributed by atoms with Crippen LogP contribution in [-0.2, 0) is 13.5 Å². The van der Waals surface area contributed by atoms with Gasteiger partial charge in [-0.05, 0) is 50.1 Å². The second kappa shape index (κ2) is 6.27. The summed E-state index contributed by atoms with van der Waals surface area (Å²) < 4.78 is 7.43. The van der Waals surface area contributed by atoms with Crippen molar-refractivity contribution in [2.45, 2.75) is 26.4 Å². The molecule has 2 aromatic rings. The van der Waals surface area contributed by atoms with Gasteiger partial charge >= 0.3 is 0 Å². The summed E-state index contributed by atoms with van der Waals surface area (Å²) in [6.45, 7) is 4.95. The first-order valence-electron chi connectivity index (χ1n) is 6.61. The van der Waals surface area contributed by atoms with Crippen LogP contribution < -0.4 is 10.1 Å². The maximum Gasteiger partial charge on any atom is 0.119 e. The number of aryl methyl sites for hydroxylation is 1. The zero-order valence-corrected chi connectivity index (χ0v) is 11.8. The molecule has 0 fully saturated rings. The Hall–Kier alpha value is -1.97. The molecule has 0 bridgehead atoms. The molecule has 0 saturated carbocycles. The molecule has 0 atom stereocenters. The van der Waals surface area contributed by atoms with Crippen molar-refractivity contribution >= 4 is 5.69 Å². The Balaban J connectivity index is 1.79. The maximum atomic E-state index is 5.61. The van der Waals surface area contributed by atoms with Gasteiger partial charge in [0.25, 0.3) is 0 Å². The van der Waals surface area contributed by atoms with Crippen molar-refractivity contribution in [2.75, 3.05) is 11.9 Å². The third-order valence-electron chi connectivity index (χ3n) is 2.73. The summed E-state index contributed by atoms with van der Waals surface area (Å²) >= 11 is 0. The first kappa shape index (κ1) is 13.5. The summed E-state index contributed by atoms with van der Waals surface area (Å²) in [7, 11) is 1.93. The Morgan fingerprint density at radius 1 is 1.26 bits per heavy atom. The van der Waals surface area contributed by atoms with Crippen LogP contribution in [0.15, 0.2) is 36.7 Å². The lowest BCUT2D eigenvalue weighted by molar-refractivity contribution is 0.242. The van der Waals surface area contributed by atoms with Gasteiger partial charge in [0.1, 0.15) is 5.75 Å². The van der Waals surface area contributed by atoms with Crippen LogP contribution in [-0.4, -0.2) is 22.4 Å². The number of aromatic nitrogens is 2. The summed E-state index contributed by atoms with van der Waals surface area (Å²) in [5.74, 6) is 0.910. The van der Waals surface area contributed by atoms with Gasteiger partial charge in [-0.15, -0.1) is 0 Å². The minimum absolute atomic E-state index is 0.212. The van der Waals surface area contributed by atoms with Crippen LogP contribution in [0.3, 0.4) is 0 Å². The highest BCUT2D eigenvalue weighted by Crippen LogP contribution is 2.16. The van der Waals surface area contributed by atoms with E-state index in [1.54, 1.807) is 0 Å². The van der Waals surface area contributed by atoms with Crippen LogP contribution in [0.1, 0.15) is 19.4 Å². The van der Waals surface area contributed by atoms with Gasteiger partial charge in [-0.25, -0.2) is 0 Å². The van der Waals surface area contributed by atoms with Crippen molar-refractivity contribution in [3.63, 3.8) is 0 Å². The molecule has 0 saturated heterocycles. The molecule has 1 N–H and O–H groups in total. The van der Waals surface area contributed by atoms with E-state index in [9.17, 15) is 0 Å². The summed E-state index contributed by atoms with van der Waals surface area (Å²) in [6, 6.07) is 8.07. The third-order valence-corrected chi connectivity index (χ3v) is 2.73. The molecule has 1 heterocycles. The lowest BCUT2D eigenvalue weighted by Crippen LogP contribution is -2.06. The lowest BCUT2D eigenvalue weighted by Gasteiger charge is -2.10. The fraction of sp³-hybridized carbons (Fsp3) is 0.400. The minimum atomic E-state index is 0.212. The molecule has 0 amide bonds. The molecule has 4 nitrogen and oxygen atoms in total. The first-order valence-corrected chi connectivity index (χ1v) is 6.61. The number of nitrogens with zero attached hydrogens (tertiary/aromatic N) is 2. The number of nitrogens with one attached hydrogen (secondary N) is 1. The van der Waals surface area contributed by atoms with E-state index in [-0.39, 0.29) is 6.10 Å². The monoisotopic (exact) mass is 259 g/mol. The Bertz CT molecular complexity index is 502. The van der Waals surface area contributed by atoms with Crippen molar-refractivity contribution < 1.29 is 4.74 Å². The molecule has 0 radical (unpaired) electrons. The molecule has 4 heteroatoms. The zero-order chi connectivity index (χ0) is 13.7. The Labute approximate surface area is 114 Å². The number of ether oxygens (including phenoxy) is 1. The van der Waals surface area contributed by atoms with Crippen LogP contribution in [0.2, 0.25) is 0 Å². The number of rotatable bonds is 6. The number of anilines is 1. The van der Waals surface area contributed by atoms with Gasteiger partial charge in [0.05, 0.1) is 12.3 Å². The minimum Gasteiger partial charge on any atom is -0.491 e. The van der Waals surface area contributed by atoms with Crippen molar-refractivity contribution in [1.29, 1.82) is 0 Å². The summed E-state index contributed by atoms with van der Waals surface area (Å²) in [5.41, 5.74) is 2.36. The lowest BCUT2D eigenvalue weighted by atomic mass is 10.2. The van der Waals surface area contributed by atoms with Crippen LogP contribution in [0.5, 0.6) is 5.75 Å². The molecule has 0 unspecified atom stereocenters. The molecule has 0 aliphatic rings. The van der Waals surface area contributed by atoms with E-state index in [1.807, 2.05) is 62.2 Å². The molecule has 19 heavy (non-hydrogen) atoms. The smallest absolute Gasteiger partial charge is 0.119 e. The van der Waals surface area contributed by atoms with Crippen molar-refractivity contribution in [3.05, 3.63) is 42.2 Å². The maximum absolute atomic E-state index is 5.61. The van der Waals surface area contributed by atoms with E-state index in [0.29, 0.717) is 0 Å². The van der Waals surface area contributed by atoms with E-state index in [0.717, 1.165) is 24.4 Å². The molecule has 0 aliphatic carbocycles. The van der Waals surface area contributed by atoms with Gasteiger partial charge in [-0.1, -0.05) is 0 Å². The van der Waals surface area contributed by atoms with E-state index in [1.165, 1.54) is 5.56 Å². The molecule has 1 aromatic carbocycles. The van der Waals surface area contributed by atoms with Crippen molar-refractivity contribution in [1.82, 2.24) is 9.78 Å². The predicted molar refractivity (Wildman–Crippen MR) is 77.6 cm³/mol. The SMILES string of the molecule is CC(C)Oc1ccc(NCCc2cnn(C)c2)cc1. The van der Waals surface area contributed by atoms with Gasteiger partial charge in [-0.3, -0.25) is 4.68 Å². The average molecular weight is 259 g/mol. The Kier molecular flexibility index (Phi) is 4.44. The topological polar surface area (TPSA) is 39.1 Å². The number of hydrogen-bond acceptors (Lipinski definition) is 3. The van der Waals surface area contributed by atoms with Gasteiger partial charge in [-0.2, -0.15) is 5.10 Å². The molecule has 0 aliphatic heterocycles. The molecule has 1 aromatic heterocycles.